The number of benzene rings is 1. The van der Waals surface area contributed by atoms with Crippen molar-refractivity contribution in [2.24, 2.45) is 13.0 Å². The van der Waals surface area contributed by atoms with Gasteiger partial charge in [-0.1, -0.05) is 12.1 Å². The number of hydrogen-bond acceptors (Lipinski definition) is 5. The highest BCUT2D eigenvalue weighted by molar-refractivity contribution is 5.94. The molecule has 7 nitrogen and oxygen atoms in total. The number of rotatable bonds is 9. The minimum atomic E-state index is -0.116. The van der Waals surface area contributed by atoms with Gasteiger partial charge in [-0.15, -0.1) is 12.4 Å². The Hall–Kier alpha value is -1.93. The van der Waals surface area contributed by atoms with Gasteiger partial charge in [0.15, 0.2) is 0 Å². The third-order valence-electron chi connectivity index (χ3n) is 5.24. The van der Waals surface area contributed by atoms with Gasteiger partial charge in [-0.25, -0.2) is 0 Å². The summed E-state index contributed by atoms with van der Waals surface area (Å²) in [6.45, 7) is 7.80. The Balaban J connectivity index is 0.00000300. The summed E-state index contributed by atoms with van der Waals surface area (Å²) in [5.41, 5.74) is 4.05. The van der Waals surface area contributed by atoms with E-state index in [1.807, 2.05) is 51.5 Å². The van der Waals surface area contributed by atoms with Crippen molar-refractivity contribution in [1.29, 1.82) is 0 Å². The van der Waals surface area contributed by atoms with Crippen molar-refractivity contribution in [3.63, 3.8) is 0 Å². The van der Waals surface area contributed by atoms with E-state index < -0.39 is 0 Å². The van der Waals surface area contributed by atoms with E-state index in [0.29, 0.717) is 33.0 Å². The van der Waals surface area contributed by atoms with Crippen molar-refractivity contribution in [2.45, 2.75) is 26.4 Å². The number of carbonyl (C=O) groups is 1. The second-order valence-electron chi connectivity index (χ2n) is 7.15. The summed E-state index contributed by atoms with van der Waals surface area (Å²) >= 11 is 0. The van der Waals surface area contributed by atoms with Gasteiger partial charge in [0.2, 0.25) is 5.91 Å². The molecule has 3 rings (SSSR count). The van der Waals surface area contributed by atoms with Crippen molar-refractivity contribution in [1.82, 2.24) is 15.1 Å². The summed E-state index contributed by atoms with van der Waals surface area (Å²) in [7, 11) is 1.90. The standard InChI is InChI=1S/C21H30N4O3.ClH/c1-4-27-8-9-28-14-16-6-5-7-20(15(16)2)24-21(26)19-12-22-11-18(19)17-10-23-25(3)13-17;/h5-7,10,13,18-19,22H,4,8-9,11-12,14H2,1-3H3,(H,24,26);1H/t18-,19+;/m1./s1. The maximum Gasteiger partial charge on any atom is 0.229 e. The average molecular weight is 423 g/mol. The second kappa shape index (κ2) is 11.3. The first-order valence-electron chi connectivity index (χ1n) is 9.84. The van der Waals surface area contributed by atoms with Gasteiger partial charge in [-0.2, -0.15) is 5.10 Å². The van der Waals surface area contributed by atoms with Gasteiger partial charge in [0, 0.05) is 44.5 Å². The largest absolute Gasteiger partial charge is 0.379 e. The maximum atomic E-state index is 13.0. The molecule has 2 aromatic rings. The third-order valence-corrected chi connectivity index (χ3v) is 5.24. The van der Waals surface area contributed by atoms with Crippen molar-refractivity contribution >= 4 is 24.0 Å². The Labute approximate surface area is 178 Å². The summed E-state index contributed by atoms with van der Waals surface area (Å²) in [6, 6.07) is 5.93. The predicted octanol–water partition coefficient (Wildman–Crippen LogP) is 2.65. The van der Waals surface area contributed by atoms with E-state index in [9.17, 15) is 4.79 Å². The Bertz CT molecular complexity index is 796. The monoisotopic (exact) mass is 422 g/mol. The van der Waals surface area contributed by atoms with E-state index >= 15 is 0 Å². The minimum absolute atomic E-state index is 0. The van der Waals surface area contributed by atoms with Crippen molar-refractivity contribution < 1.29 is 14.3 Å². The van der Waals surface area contributed by atoms with Crippen LogP contribution in [-0.4, -0.2) is 48.6 Å². The summed E-state index contributed by atoms with van der Waals surface area (Å²) in [5, 5.41) is 10.7. The smallest absolute Gasteiger partial charge is 0.229 e. The zero-order valence-electron chi connectivity index (χ0n) is 17.3. The number of aryl methyl sites for hydroxylation is 1. The molecule has 0 spiro atoms. The minimum Gasteiger partial charge on any atom is -0.379 e. The van der Waals surface area contributed by atoms with Crippen LogP contribution in [0.25, 0.3) is 0 Å². The van der Waals surface area contributed by atoms with E-state index in [2.05, 4.69) is 15.7 Å². The highest BCUT2D eigenvalue weighted by Crippen LogP contribution is 2.29. The van der Waals surface area contributed by atoms with Crippen molar-refractivity contribution in [3.8, 4) is 0 Å². The van der Waals surface area contributed by atoms with Gasteiger partial charge in [0.25, 0.3) is 0 Å². The zero-order valence-corrected chi connectivity index (χ0v) is 18.1. The molecule has 2 atom stereocenters. The maximum absolute atomic E-state index is 13.0. The molecule has 1 aliphatic rings. The summed E-state index contributed by atoms with van der Waals surface area (Å²) < 4.78 is 12.8. The molecule has 2 heterocycles. The molecule has 0 unspecified atom stereocenters. The van der Waals surface area contributed by atoms with Gasteiger partial charge in [-0.05, 0) is 36.6 Å². The number of amides is 1. The van der Waals surface area contributed by atoms with Crippen LogP contribution in [0.2, 0.25) is 0 Å². The lowest BCUT2D eigenvalue weighted by atomic mass is 9.90. The molecule has 160 valence electrons. The number of halogens is 1. The first kappa shape index (κ1) is 23.3. The van der Waals surface area contributed by atoms with E-state index in [1.165, 1.54) is 0 Å². The van der Waals surface area contributed by atoms with Crippen LogP contribution in [0.5, 0.6) is 0 Å². The first-order chi connectivity index (χ1) is 13.6. The quantitative estimate of drug-likeness (QED) is 0.607. The molecule has 29 heavy (non-hydrogen) atoms. The van der Waals surface area contributed by atoms with Crippen LogP contribution in [-0.2, 0) is 27.9 Å². The Kier molecular flexibility index (Phi) is 9.10. The lowest BCUT2D eigenvalue weighted by Gasteiger charge is -2.19. The Morgan fingerprint density at radius 3 is 2.83 bits per heavy atom. The van der Waals surface area contributed by atoms with Crippen LogP contribution >= 0.6 is 12.4 Å². The lowest BCUT2D eigenvalue weighted by molar-refractivity contribution is -0.119. The molecule has 1 aromatic carbocycles. The summed E-state index contributed by atoms with van der Waals surface area (Å²) in [5.74, 6) is 0.0603. The van der Waals surface area contributed by atoms with Gasteiger partial charge < -0.3 is 20.1 Å². The fourth-order valence-corrected chi connectivity index (χ4v) is 3.58. The molecule has 2 N–H and O–H groups in total. The number of nitrogens with zero attached hydrogens (tertiary/aromatic N) is 2. The van der Waals surface area contributed by atoms with Crippen LogP contribution in [0, 0.1) is 12.8 Å². The van der Waals surface area contributed by atoms with Gasteiger partial charge >= 0.3 is 0 Å². The zero-order chi connectivity index (χ0) is 19.9. The Morgan fingerprint density at radius 1 is 1.31 bits per heavy atom. The number of ether oxygens (including phenoxy) is 2. The van der Waals surface area contributed by atoms with Crippen LogP contribution in [0.4, 0.5) is 5.69 Å². The number of nitrogens with one attached hydrogen (secondary N) is 2. The van der Waals surface area contributed by atoms with Crippen LogP contribution < -0.4 is 10.6 Å². The molecule has 1 fully saturated rings. The number of carbonyl (C=O) groups excluding carboxylic acids is 1. The number of aromatic nitrogens is 2. The van der Waals surface area contributed by atoms with Crippen LogP contribution in [0.1, 0.15) is 29.5 Å². The fourth-order valence-electron chi connectivity index (χ4n) is 3.58. The summed E-state index contributed by atoms with van der Waals surface area (Å²) in [6.07, 6.45) is 3.84. The number of anilines is 1. The summed E-state index contributed by atoms with van der Waals surface area (Å²) in [4.78, 5) is 13.0. The van der Waals surface area contributed by atoms with Gasteiger partial charge in [0.1, 0.15) is 0 Å². The topological polar surface area (TPSA) is 77.4 Å². The van der Waals surface area contributed by atoms with E-state index in [-0.39, 0.29) is 30.2 Å². The van der Waals surface area contributed by atoms with Crippen LogP contribution in [0.3, 0.4) is 0 Å². The fraction of sp³-hybridized carbons (Fsp3) is 0.524. The highest BCUT2D eigenvalue weighted by atomic mass is 35.5. The lowest BCUT2D eigenvalue weighted by Crippen LogP contribution is -2.28. The molecule has 1 aliphatic heterocycles. The van der Waals surface area contributed by atoms with Gasteiger partial charge in [0.05, 0.1) is 31.9 Å². The molecule has 8 heteroatoms. The van der Waals surface area contributed by atoms with E-state index in [1.54, 1.807) is 4.68 Å². The van der Waals surface area contributed by atoms with Crippen molar-refractivity contribution in [3.05, 3.63) is 47.3 Å². The Morgan fingerprint density at radius 2 is 2.10 bits per heavy atom. The molecule has 1 amide bonds. The molecular formula is C21H31ClN4O3. The molecule has 1 saturated heterocycles. The average Bonchev–Trinajstić information content (AvgIpc) is 3.33. The first-order valence-corrected chi connectivity index (χ1v) is 9.84. The third kappa shape index (κ3) is 6.02. The normalized spacial score (nSPS) is 18.4. The molecule has 0 bridgehead atoms. The van der Waals surface area contributed by atoms with E-state index in [0.717, 1.165) is 28.9 Å². The highest BCUT2D eigenvalue weighted by Gasteiger charge is 2.34. The van der Waals surface area contributed by atoms with Crippen LogP contribution in [0.15, 0.2) is 30.6 Å². The van der Waals surface area contributed by atoms with E-state index in [4.69, 9.17) is 9.47 Å². The number of hydrogen-bond donors (Lipinski definition) is 2. The molecule has 0 radical (unpaired) electrons. The van der Waals surface area contributed by atoms with Crippen molar-refractivity contribution in [2.75, 3.05) is 38.2 Å². The molecular weight excluding hydrogens is 392 g/mol. The molecule has 0 aliphatic carbocycles. The second-order valence-corrected chi connectivity index (χ2v) is 7.15. The predicted molar refractivity (Wildman–Crippen MR) is 116 cm³/mol. The molecule has 0 saturated carbocycles. The molecule has 1 aromatic heterocycles. The van der Waals surface area contributed by atoms with Gasteiger partial charge in [-0.3, -0.25) is 9.48 Å². The SMILES string of the molecule is CCOCCOCc1cccc(NC(=O)[C@H]2CNC[C@@H]2c2cnn(C)c2)c1C.Cl.